The topological polar surface area (TPSA) is 38.8 Å². The Hall–Kier alpha value is -1.54. The predicted molar refractivity (Wildman–Crippen MR) is 99.5 cm³/mol. The lowest BCUT2D eigenvalue weighted by atomic mass is 10.1. The molecule has 0 saturated carbocycles. The molecule has 0 aromatic heterocycles. The van der Waals surface area contributed by atoms with Crippen LogP contribution in [0.15, 0.2) is 30.3 Å². The molecule has 0 spiro atoms. The average Bonchev–Trinajstić information content (AvgIpc) is 2.57. The molecule has 0 fully saturated rings. The van der Waals surface area contributed by atoms with Crippen LogP contribution in [0.4, 0.5) is 4.39 Å². The van der Waals surface area contributed by atoms with Crippen LogP contribution in [0.1, 0.15) is 15.9 Å². The quantitative estimate of drug-likeness (QED) is 0.618. The maximum Gasteiger partial charge on any atom is 0.255 e. The Labute approximate surface area is 158 Å². The van der Waals surface area contributed by atoms with Gasteiger partial charge in [0, 0.05) is 27.7 Å². The second kappa shape index (κ2) is 8.02. The Balaban J connectivity index is 2.31. The van der Waals surface area contributed by atoms with Gasteiger partial charge in [0.2, 0.25) is 0 Å². The maximum absolute atomic E-state index is 13.9. The van der Waals surface area contributed by atoms with Crippen molar-refractivity contribution < 1.29 is 18.7 Å². The molecule has 0 aliphatic rings. The number of nitrogens with zero attached hydrogens (tertiary/aromatic N) is 1. The van der Waals surface area contributed by atoms with Crippen LogP contribution in [-0.4, -0.2) is 32.1 Å². The number of ether oxygens (including phenoxy) is 2. The van der Waals surface area contributed by atoms with Crippen molar-refractivity contribution in [1.29, 1.82) is 0 Å². The molecule has 128 valence electrons. The van der Waals surface area contributed by atoms with Crippen LogP contribution in [0.2, 0.25) is 5.02 Å². The summed E-state index contributed by atoms with van der Waals surface area (Å²) >= 11 is 8.08. The molecule has 0 atom stereocenters. The number of methoxy groups -OCH3 is 2. The highest BCUT2D eigenvalue weighted by atomic mass is 127. The monoisotopic (exact) mass is 463 g/mol. The number of amides is 1. The summed E-state index contributed by atoms with van der Waals surface area (Å²) in [6.45, 7) is 0.0643. The van der Waals surface area contributed by atoms with Gasteiger partial charge in [-0.3, -0.25) is 4.79 Å². The van der Waals surface area contributed by atoms with Gasteiger partial charge in [0.05, 0.1) is 19.8 Å². The number of carbonyl (C=O) groups excluding carboxylic acids is 1. The molecule has 7 heteroatoms. The number of carbonyl (C=O) groups is 1. The summed E-state index contributed by atoms with van der Waals surface area (Å²) in [7, 11) is 4.63. The Bertz CT molecular complexity index is 749. The highest BCUT2D eigenvalue weighted by Crippen LogP contribution is 2.32. The van der Waals surface area contributed by atoms with Gasteiger partial charge in [-0.15, -0.1) is 0 Å². The molecule has 4 nitrogen and oxygen atoms in total. The van der Waals surface area contributed by atoms with Gasteiger partial charge in [-0.1, -0.05) is 17.7 Å². The van der Waals surface area contributed by atoms with Crippen LogP contribution in [0.5, 0.6) is 11.5 Å². The molecule has 2 rings (SSSR count). The van der Waals surface area contributed by atoms with E-state index in [1.54, 1.807) is 25.2 Å². The van der Waals surface area contributed by atoms with Crippen molar-refractivity contribution in [2.24, 2.45) is 0 Å². The third kappa shape index (κ3) is 3.92. The van der Waals surface area contributed by atoms with Gasteiger partial charge < -0.3 is 14.4 Å². The normalized spacial score (nSPS) is 10.4. The zero-order valence-electron chi connectivity index (χ0n) is 13.4. The number of benzene rings is 2. The Morgan fingerprint density at radius 3 is 2.46 bits per heavy atom. The van der Waals surface area contributed by atoms with Gasteiger partial charge in [0.25, 0.3) is 5.91 Å². The number of hydrogen-bond donors (Lipinski definition) is 0. The number of hydrogen-bond acceptors (Lipinski definition) is 3. The zero-order chi connectivity index (χ0) is 17.9. The largest absolute Gasteiger partial charge is 0.493 e. The maximum atomic E-state index is 13.9. The molecule has 24 heavy (non-hydrogen) atoms. The second-order valence-corrected chi connectivity index (χ2v) is 6.62. The van der Waals surface area contributed by atoms with E-state index in [9.17, 15) is 9.18 Å². The van der Waals surface area contributed by atoms with Crippen molar-refractivity contribution in [2.75, 3.05) is 21.3 Å². The van der Waals surface area contributed by atoms with Gasteiger partial charge in [0.15, 0.2) is 11.5 Å². The minimum atomic E-state index is -0.441. The van der Waals surface area contributed by atoms with Gasteiger partial charge in [-0.2, -0.15) is 0 Å². The predicted octanol–water partition coefficient (Wildman–Crippen LogP) is 4.37. The fourth-order valence-corrected chi connectivity index (χ4v) is 3.11. The van der Waals surface area contributed by atoms with E-state index in [4.69, 9.17) is 21.1 Å². The van der Waals surface area contributed by atoms with Crippen LogP contribution in [-0.2, 0) is 6.54 Å². The summed E-state index contributed by atoms with van der Waals surface area (Å²) in [4.78, 5) is 14.1. The van der Waals surface area contributed by atoms with E-state index in [1.165, 1.54) is 31.3 Å². The highest BCUT2D eigenvalue weighted by molar-refractivity contribution is 14.1. The molecular weight excluding hydrogens is 448 g/mol. The lowest BCUT2D eigenvalue weighted by Gasteiger charge is -2.20. The molecule has 2 aromatic carbocycles. The Kier molecular flexibility index (Phi) is 6.28. The van der Waals surface area contributed by atoms with Crippen LogP contribution >= 0.6 is 34.2 Å². The fraction of sp³-hybridized carbons (Fsp3) is 0.235. The van der Waals surface area contributed by atoms with Crippen LogP contribution in [0, 0.1) is 9.39 Å². The summed E-state index contributed by atoms with van der Waals surface area (Å²) in [5.74, 6) is 0.292. The summed E-state index contributed by atoms with van der Waals surface area (Å²) in [6.07, 6.45) is 0. The second-order valence-electron chi connectivity index (χ2n) is 5.05. The Morgan fingerprint density at radius 2 is 1.88 bits per heavy atom. The van der Waals surface area contributed by atoms with Crippen molar-refractivity contribution in [1.82, 2.24) is 4.90 Å². The fourth-order valence-electron chi connectivity index (χ4n) is 2.22. The summed E-state index contributed by atoms with van der Waals surface area (Å²) in [5.41, 5.74) is 0.730. The Morgan fingerprint density at radius 1 is 1.25 bits per heavy atom. The van der Waals surface area contributed by atoms with Crippen molar-refractivity contribution in [3.05, 3.63) is 55.9 Å². The van der Waals surface area contributed by atoms with Crippen molar-refractivity contribution >= 4 is 40.1 Å². The first-order chi connectivity index (χ1) is 11.4. The van der Waals surface area contributed by atoms with Crippen LogP contribution in [0.25, 0.3) is 0 Å². The molecule has 0 unspecified atom stereocenters. The third-order valence-electron chi connectivity index (χ3n) is 3.51. The van der Waals surface area contributed by atoms with E-state index in [2.05, 4.69) is 22.6 Å². The molecule has 0 saturated heterocycles. The van der Waals surface area contributed by atoms with Crippen molar-refractivity contribution in [3.63, 3.8) is 0 Å². The molecule has 2 aromatic rings. The first-order valence-electron chi connectivity index (χ1n) is 6.99. The minimum absolute atomic E-state index is 0.0643. The highest BCUT2D eigenvalue weighted by Gasteiger charge is 2.20. The van der Waals surface area contributed by atoms with E-state index in [-0.39, 0.29) is 23.0 Å². The van der Waals surface area contributed by atoms with Gasteiger partial charge in [-0.25, -0.2) is 4.39 Å². The average molecular weight is 464 g/mol. The van der Waals surface area contributed by atoms with E-state index in [1.807, 2.05) is 0 Å². The summed E-state index contributed by atoms with van der Waals surface area (Å²) in [5, 5.41) is 0.289. The number of halogens is 3. The molecule has 0 bridgehead atoms. The first kappa shape index (κ1) is 18.8. The smallest absolute Gasteiger partial charge is 0.255 e. The standard InChI is InChI=1S/C17H16ClFINO3/c1-21(9-11-12(18)5-4-6-13(11)19)17(22)10-7-15(23-2)16(24-3)8-14(10)20/h4-8H,9H2,1-3H3. The molecule has 1 amide bonds. The molecule has 0 N–H and O–H groups in total. The first-order valence-corrected chi connectivity index (χ1v) is 8.44. The van der Waals surface area contributed by atoms with E-state index in [0.29, 0.717) is 20.6 Å². The lowest BCUT2D eigenvalue weighted by molar-refractivity contribution is 0.0782. The molecular formula is C17H16ClFINO3. The van der Waals surface area contributed by atoms with E-state index in [0.717, 1.165) is 0 Å². The number of rotatable bonds is 5. The van der Waals surface area contributed by atoms with Gasteiger partial charge in [0.1, 0.15) is 5.82 Å². The van der Waals surface area contributed by atoms with Crippen LogP contribution < -0.4 is 9.47 Å². The molecule has 0 radical (unpaired) electrons. The van der Waals surface area contributed by atoms with Gasteiger partial charge >= 0.3 is 0 Å². The van der Waals surface area contributed by atoms with Crippen molar-refractivity contribution in [3.8, 4) is 11.5 Å². The minimum Gasteiger partial charge on any atom is -0.493 e. The molecule has 0 aliphatic carbocycles. The summed E-state index contributed by atoms with van der Waals surface area (Å²) < 4.78 is 25.1. The zero-order valence-corrected chi connectivity index (χ0v) is 16.3. The molecule has 0 aliphatic heterocycles. The van der Waals surface area contributed by atoms with Gasteiger partial charge in [-0.05, 0) is 46.9 Å². The van der Waals surface area contributed by atoms with Crippen molar-refractivity contribution in [2.45, 2.75) is 6.54 Å². The third-order valence-corrected chi connectivity index (χ3v) is 4.75. The summed E-state index contributed by atoms with van der Waals surface area (Å²) in [6, 6.07) is 7.78. The van der Waals surface area contributed by atoms with Crippen LogP contribution in [0.3, 0.4) is 0 Å². The lowest BCUT2D eigenvalue weighted by Crippen LogP contribution is -2.27. The molecule has 0 heterocycles. The SMILES string of the molecule is COc1cc(I)c(C(=O)N(C)Cc2c(F)cccc2Cl)cc1OC. The van der Waals surface area contributed by atoms with E-state index < -0.39 is 5.82 Å². The van der Waals surface area contributed by atoms with E-state index >= 15 is 0 Å².